The van der Waals surface area contributed by atoms with Gasteiger partial charge in [0.2, 0.25) is 15.9 Å². The lowest BCUT2D eigenvalue weighted by Gasteiger charge is -2.13. The SMILES string of the molecule is CC(=O)Nc1ccc(NS(C)(=O)=O)c(C(=O)NCCOc2ccc(Cl)cc2)c1. The van der Waals surface area contributed by atoms with Crippen LogP contribution < -0.4 is 20.1 Å². The third-order valence-corrected chi connectivity index (χ3v) is 4.19. The number of ether oxygens (including phenoxy) is 1. The molecule has 0 unspecified atom stereocenters. The van der Waals surface area contributed by atoms with E-state index in [2.05, 4.69) is 15.4 Å². The predicted octanol–water partition coefficient (Wildman–Crippen LogP) is 2.48. The summed E-state index contributed by atoms with van der Waals surface area (Å²) >= 11 is 5.80. The van der Waals surface area contributed by atoms with Crippen LogP contribution in [0.1, 0.15) is 17.3 Å². The van der Waals surface area contributed by atoms with Crippen LogP contribution in [0.25, 0.3) is 0 Å². The molecule has 0 saturated carbocycles. The molecule has 0 aliphatic heterocycles. The van der Waals surface area contributed by atoms with E-state index in [0.29, 0.717) is 16.5 Å². The van der Waals surface area contributed by atoms with Gasteiger partial charge in [-0.1, -0.05) is 11.6 Å². The highest BCUT2D eigenvalue weighted by Crippen LogP contribution is 2.22. The summed E-state index contributed by atoms with van der Waals surface area (Å²) in [6, 6.07) is 11.1. The van der Waals surface area contributed by atoms with Gasteiger partial charge in [-0.3, -0.25) is 14.3 Å². The van der Waals surface area contributed by atoms with Gasteiger partial charge in [-0.05, 0) is 42.5 Å². The molecule has 8 nitrogen and oxygen atoms in total. The van der Waals surface area contributed by atoms with E-state index in [0.717, 1.165) is 6.26 Å². The molecule has 28 heavy (non-hydrogen) atoms. The van der Waals surface area contributed by atoms with Gasteiger partial charge >= 0.3 is 0 Å². The molecule has 2 aromatic carbocycles. The van der Waals surface area contributed by atoms with Gasteiger partial charge in [0.15, 0.2) is 0 Å². The summed E-state index contributed by atoms with van der Waals surface area (Å²) in [5.41, 5.74) is 0.546. The average Bonchev–Trinajstić information content (AvgIpc) is 2.59. The molecule has 3 N–H and O–H groups in total. The summed E-state index contributed by atoms with van der Waals surface area (Å²) in [6.45, 7) is 1.72. The molecule has 0 radical (unpaired) electrons. The highest BCUT2D eigenvalue weighted by Gasteiger charge is 2.15. The standard InChI is InChI=1S/C18H20ClN3O5S/c1-12(23)21-14-5-8-17(22-28(2,25)26)16(11-14)18(24)20-9-10-27-15-6-3-13(19)4-7-15/h3-8,11,22H,9-10H2,1-2H3,(H,20,24)(H,21,23). The minimum absolute atomic E-state index is 0.0724. The van der Waals surface area contributed by atoms with E-state index in [1.807, 2.05) is 0 Å². The Morgan fingerprint density at radius 1 is 1.11 bits per heavy atom. The van der Waals surface area contributed by atoms with Crippen LogP contribution in [0.4, 0.5) is 11.4 Å². The van der Waals surface area contributed by atoms with Gasteiger partial charge in [0.05, 0.1) is 24.1 Å². The Morgan fingerprint density at radius 3 is 2.39 bits per heavy atom. The fourth-order valence-electron chi connectivity index (χ4n) is 2.26. The van der Waals surface area contributed by atoms with Crippen molar-refractivity contribution in [3.63, 3.8) is 0 Å². The zero-order valence-electron chi connectivity index (χ0n) is 15.3. The molecule has 150 valence electrons. The third-order valence-electron chi connectivity index (χ3n) is 3.35. The Bertz CT molecular complexity index is 962. The second kappa shape index (κ2) is 9.43. The first-order chi connectivity index (χ1) is 13.1. The van der Waals surface area contributed by atoms with Crippen molar-refractivity contribution in [2.24, 2.45) is 0 Å². The lowest BCUT2D eigenvalue weighted by molar-refractivity contribution is -0.114. The number of benzene rings is 2. The molecule has 10 heteroatoms. The monoisotopic (exact) mass is 425 g/mol. The van der Waals surface area contributed by atoms with Crippen molar-refractivity contribution >= 4 is 44.8 Å². The van der Waals surface area contributed by atoms with Crippen LogP contribution in [0.5, 0.6) is 5.75 Å². The number of hydrogen-bond donors (Lipinski definition) is 3. The summed E-state index contributed by atoms with van der Waals surface area (Å²) < 4.78 is 30.9. The lowest BCUT2D eigenvalue weighted by Crippen LogP contribution is -2.29. The van der Waals surface area contributed by atoms with Crippen LogP contribution in [-0.2, 0) is 14.8 Å². The number of carbonyl (C=O) groups is 2. The number of carbonyl (C=O) groups excluding carboxylic acids is 2. The summed E-state index contributed by atoms with van der Waals surface area (Å²) in [5.74, 6) is -0.227. The molecule has 2 amide bonds. The molecule has 0 aliphatic carbocycles. The number of amides is 2. The van der Waals surface area contributed by atoms with Crippen molar-refractivity contribution in [3.8, 4) is 5.75 Å². The van der Waals surface area contributed by atoms with E-state index in [9.17, 15) is 18.0 Å². The van der Waals surface area contributed by atoms with E-state index < -0.39 is 15.9 Å². The Kier molecular flexibility index (Phi) is 7.24. The summed E-state index contributed by atoms with van der Waals surface area (Å²) in [5, 5.41) is 5.79. The van der Waals surface area contributed by atoms with Crippen LogP contribution in [0, 0.1) is 0 Å². The number of sulfonamides is 1. The Morgan fingerprint density at radius 2 is 1.79 bits per heavy atom. The Balaban J connectivity index is 2.05. The maximum Gasteiger partial charge on any atom is 0.253 e. The average molecular weight is 426 g/mol. The molecule has 0 fully saturated rings. The van der Waals surface area contributed by atoms with Gasteiger partial charge in [-0.2, -0.15) is 0 Å². The van der Waals surface area contributed by atoms with Crippen molar-refractivity contribution in [1.29, 1.82) is 0 Å². The van der Waals surface area contributed by atoms with Gasteiger partial charge in [0, 0.05) is 17.6 Å². The number of anilines is 2. The number of hydrogen-bond acceptors (Lipinski definition) is 5. The number of nitrogens with one attached hydrogen (secondary N) is 3. The normalized spacial score (nSPS) is 10.8. The highest BCUT2D eigenvalue weighted by atomic mass is 35.5. The zero-order valence-corrected chi connectivity index (χ0v) is 16.9. The molecule has 0 aliphatic rings. The molecule has 2 rings (SSSR count). The van der Waals surface area contributed by atoms with Crippen LogP contribution in [-0.4, -0.2) is 39.6 Å². The van der Waals surface area contributed by atoms with Crippen molar-refractivity contribution in [2.75, 3.05) is 29.4 Å². The minimum atomic E-state index is -3.59. The van der Waals surface area contributed by atoms with E-state index >= 15 is 0 Å². The van der Waals surface area contributed by atoms with Gasteiger partial charge < -0.3 is 15.4 Å². The highest BCUT2D eigenvalue weighted by molar-refractivity contribution is 7.92. The first-order valence-electron chi connectivity index (χ1n) is 8.20. The van der Waals surface area contributed by atoms with E-state index in [4.69, 9.17) is 16.3 Å². The fraction of sp³-hybridized carbons (Fsp3) is 0.222. The second-order valence-corrected chi connectivity index (χ2v) is 8.06. The van der Waals surface area contributed by atoms with Crippen LogP contribution in [0.2, 0.25) is 5.02 Å². The minimum Gasteiger partial charge on any atom is -0.492 e. The van der Waals surface area contributed by atoms with Crippen molar-refractivity contribution in [2.45, 2.75) is 6.92 Å². The van der Waals surface area contributed by atoms with Crippen molar-refractivity contribution in [3.05, 3.63) is 53.1 Å². The van der Waals surface area contributed by atoms with Crippen LogP contribution >= 0.6 is 11.6 Å². The van der Waals surface area contributed by atoms with Crippen LogP contribution in [0.3, 0.4) is 0 Å². The summed E-state index contributed by atoms with van der Waals surface area (Å²) in [6.07, 6.45) is 0.983. The first kappa shape index (κ1) is 21.5. The van der Waals surface area contributed by atoms with Gasteiger partial charge in [-0.15, -0.1) is 0 Å². The van der Waals surface area contributed by atoms with E-state index in [-0.39, 0.29) is 30.3 Å². The van der Waals surface area contributed by atoms with Gasteiger partial charge in [-0.25, -0.2) is 8.42 Å². The second-order valence-electron chi connectivity index (χ2n) is 5.87. The molecular weight excluding hydrogens is 406 g/mol. The van der Waals surface area contributed by atoms with Crippen molar-refractivity contribution < 1.29 is 22.7 Å². The maximum absolute atomic E-state index is 12.5. The molecule has 0 atom stereocenters. The Hall–Kier alpha value is -2.78. The molecule has 0 saturated heterocycles. The Labute approximate surface area is 168 Å². The molecular formula is C18H20ClN3O5S. The largest absolute Gasteiger partial charge is 0.492 e. The topological polar surface area (TPSA) is 114 Å². The van der Waals surface area contributed by atoms with E-state index in [1.54, 1.807) is 24.3 Å². The number of halogens is 1. The number of rotatable bonds is 8. The molecule has 0 heterocycles. The fourth-order valence-corrected chi connectivity index (χ4v) is 2.96. The van der Waals surface area contributed by atoms with Crippen molar-refractivity contribution in [1.82, 2.24) is 5.32 Å². The van der Waals surface area contributed by atoms with Crippen LogP contribution in [0.15, 0.2) is 42.5 Å². The quantitative estimate of drug-likeness (QED) is 0.562. The molecule has 2 aromatic rings. The third kappa shape index (κ3) is 7.09. The smallest absolute Gasteiger partial charge is 0.253 e. The molecule has 0 spiro atoms. The summed E-state index contributed by atoms with van der Waals surface area (Å²) in [7, 11) is -3.59. The van der Waals surface area contributed by atoms with E-state index in [1.165, 1.54) is 25.1 Å². The summed E-state index contributed by atoms with van der Waals surface area (Å²) in [4.78, 5) is 23.7. The lowest BCUT2D eigenvalue weighted by atomic mass is 10.1. The van der Waals surface area contributed by atoms with Gasteiger partial charge in [0.1, 0.15) is 12.4 Å². The molecule has 0 bridgehead atoms. The predicted molar refractivity (Wildman–Crippen MR) is 108 cm³/mol. The maximum atomic E-state index is 12.5. The molecule has 0 aromatic heterocycles. The zero-order chi connectivity index (χ0) is 20.7. The first-order valence-corrected chi connectivity index (χ1v) is 10.5. The van der Waals surface area contributed by atoms with Gasteiger partial charge in [0.25, 0.3) is 5.91 Å².